The van der Waals surface area contributed by atoms with E-state index in [0.29, 0.717) is 17.2 Å². The summed E-state index contributed by atoms with van der Waals surface area (Å²) in [4.78, 5) is 12.8. The van der Waals surface area contributed by atoms with E-state index < -0.39 is 0 Å². The molecule has 1 N–H and O–H groups in total. The molecule has 0 fully saturated rings. The zero-order chi connectivity index (χ0) is 12.5. The van der Waals surface area contributed by atoms with Gasteiger partial charge in [0.15, 0.2) is 11.5 Å². The summed E-state index contributed by atoms with van der Waals surface area (Å²) >= 11 is 4.92. The number of hydrogen-bond acceptors (Lipinski definition) is 3. The molecule has 0 unspecified atom stereocenters. The summed E-state index contributed by atoms with van der Waals surface area (Å²) in [5, 5.41) is 4.76. The van der Waals surface area contributed by atoms with Crippen LogP contribution >= 0.6 is 27.3 Å². The van der Waals surface area contributed by atoms with Crippen LogP contribution in [0.4, 0.5) is 5.69 Å². The van der Waals surface area contributed by atoms with E-state index in [0.717, 1.165) is 9.35 Å². The van der Waals surface area contributed by atoms with Gasteiger partial charge in [-0.1, -0.05) is 12.1 Å². The van der Waals surface area contributed by atoms with Gasteiger partial charge in [0.2, 0.25) is 0 Å². The maximum Gasteiger partial charge on any atom is 0.291 e. The van der Waals surface area contributed by atoms with Crippen LogP contribution in [0.5, 0.6) is 5.75 Å². The fourth-order valence-corrected chi connectivity index (χ4v) is 3.00. The minimum Gasteiger partial charge on any atom is -0.449 e. The predicted molar refractivity (Wildman–Crippen MR) is 75.7 cm³/mol. The highest BCUT2D eigenvalue weighted by Gasteiger charge is 2.21. The maximum atomic E-state index is 11.9. The van der Waals surface area contributed by atoms with Crippen LogP contribution in [0.15, 0.2) is 45.9 Å². The van der Waals surface area contributed by atoms with E-state index in [9.17, 15) is 4.79 Å². The Bertz CT molecular complexity index is 648. The largest absolute Gasteiger partial charge is 0.449 e. The number of thiophene rings is 1. The van der Waals surface area contributed by atoms with Crippen molar-refractivity contribution in [3.8, 4) is 5.75 Å². The molecule has 90 valence electrons. The number of nitrogens with one attached hydrogen (secondary N) is 1. The number of amides is 1. The third-order valence-electron chi connectivity index (χ3n) is 2.44. The zero-order valence-electron chi connectivity index (χ0n) is 9.14. The number of benzene rings is 1. The summed E-state index contributed by atoms with van der Waals surface area (Å²) in [7, 11) is 0. The smallest absolute Gasteiger partial charge is 0.291 e. The quantitative estimate of drug-likeness (QED) is 0.809. The van der Waals surface area contributed by atoms with Gasteiger partial charge in [0, 0.05) is 20.8 Å². The molecule has 3 nitrogen and oxygen atoms in total. The molecule has 2 heterocycles. The minimum absolute atomic E-state index is 0.224. The predicted octanol–water partition coefficient (Wildman–Crippen LogP) is 3.88. The standard InChI is InChI=1S/C13H8BrNO2S/c14-8-5-9(18-7-8)6-12-13(16)15-10-3-1-2-4-11(10)17-12/h1-7H,(H,15,16)/b12-6-. The van der Waals surface area contributed by atoms with Gasteiger partial charge < -0.3 is 10.1 Å². The second kappa shape index (κ2) is 4.59. The van der Waals surface area contributed by atoms with Gasteiger partial charge in [-0.15, -0.1) is 11.3 Å². The molecule has 0 bridgehead atoms. The molecule has 1 aliphatic heterocycles. The molecule has 0 radical (unpaired) electrons. The van der Waals surface area contributed by atoms with Crippen molar-refractivity contribution in [2.24, 2.45) is 0 Å². The van der Waals surface area contributed by atoms with Crippen LogP contribution in [0.25, 0.3) is 6.08 Å². The van der Waals surface area contributed by atoms with Gasteiger partial charge in [-0.25, -0.2) is 0 Å². The van der Waals surface area contributed by atoms with Gasteiger partial charge >= 0.3 is 0 Å². The Kier molecular flexibility index (Phi) is 2.93. The molecular weight excluding hydrogens is 314 g/mol. The van der Waals surface area contributed by atoms with Gasteiger partial charge in [0.05, 0.1) is 5.69 Å². The average Bonchev–Trinajstić information content (AvgIpc) is 2.76. The summed E-state index contributed by atoms with van der Waals surface area (Å²) in [6.45, 7) is 0. The van der Waals surface area contributed by atoms with Crippen molar-refractivity contribution in [2.45, 2.75) is 0 Å². The molecule has 0 spiro atoms. The SMILES string of the molecule is O=C1Nc2ccccc2O/C1=C\c1cc(Br)cs1. The Hall–Kier alpha value is -1.59. The summed E-state index contributed by atoms with van der Waals surface area (Å²) in [5.74, 6) is 0.750. The van der Waals surface area contributed by atoms with Crippen molar-refractivity contribution in [1.82, 2.24) is 0 Å². The third-order valence-corrected chi connectivity index (χ3v) is 4.08. The molecule has 3 rings (SSSR count). The first-order valence-electron chi connectivity index (χ1n) is 5.26. The first kappa shape index (κ1) is 11.5. The third kappa shape index (κ3) is 2.19. The molecule has 0 aliphatic carbocycles. The van der Waals surface area contributed by atoms with Gasteiger partial charge in [-0.3, -0.25) is 4.79 Å². The van der Waals surface area contributed by atoms with E-state index in [1.54, 1.807) is 17.4 Å². The molecule has 0 saturated heterocycles. The Balaban J connectivity index is 1.96. The normalized spacial score (nSPS) is 16.1. The highest BCUT2D eigenvalue weighted by atomic mass is 79.9. The van der Waals surface area contributed by atoms with Gasteiger partial charge in [0.25, 0.3) is 5.91 Å². The first-order valence-corrected chi connectivity index (χ1v) is 6.93. The molecule has 1 aromatic heterocycles. The molecular formula is C13H8BrNO2S. The molecule has 1 aliphatic rings. The maximum absolute atomic E-state index is 11.9. The molecule has 18 heavy (non-hydrogen) atoms. The lowest BCUT2D eigenvalue weighted by molar-refractivity contribution is -0.115. The summed E-state index contributed by atoms with van der Waals surface area (Å²) in [5.41, 5.74) is 0.701. The van der Waals surface area contributed by atoms with Crippen molar-refractivity contribution in [1.29, 1.82) is 0 Å². The van der Waals surface area contributed by atoms with Crippen molar-refractivity contribution >= 4 is 44.9 Å². The zero-order valence-corrected chi connectivity index (χ0v) is 11.5. The van der Waals surface area contributed by atoms with E-state index in [2.05, 4.69) is 21.2 Å². The number of ether oxygens (including phenoxy) is 1. The molecule has 1 amide bonds. The van der Waals surface area contributed by atoms with E-state index >= 15 is 0 Å². The van der Waals surface area contributed by atoms with Gasteiger partial charge in [-0.2, -0.15) is 0 Å². The van der Waals surface area contributed by atoms with Crippen LogP contribution in [0.1, 0.15) is 4.88 Å². The number of halogens is 1. The van der Waals surface area contributed by atoms with Gasteiger partial charge in [-0.05, 0) is 34.1 Å². The number of para-hydroxylation sites is 2. The van der Waals surface area contributed by atoms with Crippen LogP contribution in [-0.2, 0) is 4.79 Å². The molecule has 5 heteroatoms. The molecule has 2 aromatic rings. The molecule has 1 aromatic carbocycles. The lowest BCUT2D eigenvalue weighted by Crippen LogP contribution is -2.23. The Morgan fingerprint density at radius 3 is 2.94 bits per heavy atom. The highest BCUT2D eigenvalue weighted by molar-refractivity contribution is 9.10. The van der Waals surface area contributed by atoms with Crippen LogP contribution in [0.2, 0.25) is 0 Å². The fraction of sp³-hybridized carbons (Fsp3) is 0. The Labute approximate surface area is 116 Å². The van der Waals surface area contributed by atoms with Crippen molar-refractivity contribution in [3.05, 3.63) is 50.8 Å². The van der Waals surface area contributed by atoms with Gasteiger partial charge in [0.1, 0.15) is 0 Å². The van der Waals surface area contributed by atoms with Crippen molar-refractivity contribution < 1.29 is 9.53 Å². The molecule has 0 atom stereocenters. The number of carbonyl (C=O) groups excluding carboxylic acids is 1. The summed E-state index contributed by atoms with van der Waals surface area (Å²) < 4.78 is 6.59. The van der Waals surface area contributed by atoms with E-state index in [4.69, 9.17) is 4.74 Å². The Morgan fingerprint density at radius 1 is 1.33 bits per heavy atom. The topological polar surface area (TPSA) is 38.3 Å². The van der Waals surface area contributed by atoms with Crippen LogP contribution < -0.4 is 10.1 Å². The minimum atomic E-state index is -0.224. The summed E-state index contributed by atoms with van der Waals surface area (Å²) in [6, 6.07) is 9.30. The monoisotopic (exact) mass is 321 g/mol. The number of anilines is 1. The number of carbonyl (C=O) groups is 1. The van der Waals surface area contributed by atoms with Crippen LogP contribution in [0.3, 0.4) is 0 Å². The highest BCUT2D eigenvalue weighted by Crippen LogP contribution is 2.31. The fourth-order valence-electron chi connectivity index (χ4n) is 1.64. The average molecular weight is 322 g/mol. The van der Waals surface area contributed by atoms with Crippen LogP contribution in [0, 0.1) is 0 Å². The van der Waals surface area contributed by atoms with E-state index in [1.807, 2.05) is 35.7 Å². The lowest BCUT2D eigenvalue weighted by Gasteiger charge is -2.19. The van der Waals surface area contributed by atoms with E-state index in [-0.39, 0.29) is 5.91 Å². The molecule has 0 saturated carbocycles. The van der Waals surface area contributed by atoms with Crippen LogP contribution in [-0.4, -0.2) is 5.91 Å². The number of fused-ring (bicyclic) bond motifs is 1. The number of rotatable bonds is 1. The summed E-state index contributed by atoms with van der Waals surface area (Å²) in [6.07, 6.45) is 1.74. The first-order chi connectivity index (χ1) is 8.72. The number of hydrogen-bond donors (Lipinski definition) is 1. The van der Waals surface area contributed by atoms with Crippen molar-refractivity contribution in [2.75, 3.05) is 5.32 Å². The lowest BCUT2D eigenvalue weighted by atomic mass is 10.2. The Morgan fingerprint density at radius 2 is 2.17 bits per heavy atom. The van der Waals surface area contributed by atoms with E-state index in [1.165, 1.54) is 0 Å². The van der Waals surface area contributed by atoms with Crippen molar-refractivity contribution in [3.63, 3.8) is 0 Å². The second-order valence-electron chi connectivity index (χ2n) is 3.73. The second-order valence-corrected chi connectivity index (χ2v) is 5.59.